The normalized spacial score (nSPS) is 11.0. The number of imidazole rings is 1. The molecular formula is C17H20N4. The second-order valence-corrected chi connectivity index (χ2v) is 5.31. The number of aryl methyl sites for hydroxylation is 2. The summed E-state index contributed by atoms with van der Waals surface area (Å²) in [5.41, 5.74) is 3.38. The van der Waals surface area contributed by atoms with E-state index >= 15 is 0 Å². The van der Waals surface area contributed by atoms with Gasteiger partial charge in [-0.3, -0.25) is 4.98 Å². The van der Waals surface area contributed by atoms with E-state index in [2.05, 4.69) is 52.7 Å². The maximum atomic E-state index is 4.70. The lowest BCUT2D eigenvalue weighted by atomic mass is 10.1. The average Bonchev–Trinajstić information content (AvgIpc) is 2.91. The van der Waals surface area contributed by atoms with E-state index < -0.39 is 0 Å². The Kier molecular flexibility index (Phi) is 3.60. The van der Waals surface area contributed by atoms with Crippen LogP contribution in [-0.4, -0.2) is 21.6 Å². The molecule has 21 heavy (non-hydrogen) atoms. The zero-order valence-corrected chi connectivity index (χ0v) is 12.7. The van der Waals surface area contributed by atoms with Crippen molar-refractivity contribution in [2.45, 2.75) is 19.9 Å². The number of benzene rings is 1. The highest BCUT2D eigenvalue weighted by molar-refractivity contribution is 5.91. The molecule has 2 heterocycles. The topological polar surface area (TPSA) is 34.0 Å². The molecule has 0 aliphatic rings. The lowest BCUT2D eigenvalue weighted by Gasteiger charge is -2.21. The first kappa shape index (κ1) is 13.6. The zero-order chi connectivity index (χ0) is 14.8. The molecule has 0 fully saturated rings. The van der Waals surface area contributed by atoms with E-state index in [0.717, 1.165) is 30.0 Å². The smallest absolute Gasteiger partial charge is 0.127 e. The Morgan fingerprint density at radius 3 is 2.76 bits per heavy atom. The van der Waals surface area contributed by atoms with Crippen molar-refractivity contribution in [1.82, 2.24) is 14.5 Å². The van der Waals surface area contributed by atoms with Gasteiger partial charge in [0.25, 0.3) is 0 Å². The molecule has 4 nitrogen and oxygen atoms in total. The van der Waals surface area contributed by atoms with E-state index in [-0.39, 0.29) is 0 Å². The molecule has 0 aliphatic heterocycles. The number of hydrogen-bond donors (Lipinski definition) is 0. The van der Waals surface area contributed by atoms with Crippen LogP contribution in [0.1, 0.15) is 18.4 Å². The first-order valence-corrected chi connectivity index (χ1v) is 7.25. The molecule has 1 aromatic carbocycles. The van der Waals surface area contributed by atoms with Gasteiger partial charge in [0.1, 0.15) is 5.82 Å². The Morgan fingerprint density at radius 1 is 1.24 bits per heavy atom. The Balaban J connectivity index is 2.04. The van der Waals surface area contributed by atoms with Crippen LogP contribution in [0.3, 0.4) is 0 Å². The quantitative estimate of drug-likeness (QED) is 0.736. The van der Waals surface area contributed by atoms with E-state index in [1.807, 2.05) is 25.5 Å². The minimum absolute atomic E-state index is 0.778. The van der Waals surface area contributed by atoms with Gasteiger partial charge in [-0.1, -0.05) is 25.1 Å². The van der Waals surface area contributed by atoms with Crippen LogP contribution >= 0.6 is 0 Å². The summed E-state index contributed by atoms with van der Waals surface area (Å²) in [6.07, 6.45) is 4.75. The largest absolute Gasteiger partial charge is 0.367 e. The highest BCUT2D eigenvalue weighted by atomic mass is 15.2. The minimum atomic E-state index is 0.778. The van der Waals surface area contributed by atoms with Gasteiger partial charge in [-0.2, -0.15) is 0 Å². The molecule has 4 heteroatoms. The molecule has 2 aromatic heterocycles. The van der Waals surface area contributed by atoms with Crippen molar-refractivity contribution >= 4 is 16.6 Å². The third-order valence-corrected chi connectivity index (χ3v) is 3.82. The number of fused-ring (bicyclic) bond motifs is 1. The molecule has 0 saturated carbocycles. The van der Waals surface area contributed by atoms with Gasteiger partial charge in [0.15, 0.2) is 0 Å². The van der Waals surface area contributed by atoms with Crippen molar-refractivity contribution in [2.75, 3.05) is 11.9 Å². The lowest BCUT2D eigenvalue weighted by Crippen LogP contribution is -2.19. The van der Waals surface area contributed by atoms with Gasteiger partial charge in [-0.15, -0.1) is 0 Å². The van der Waals surface area contributed by atoms with Crippen LogP contribution in [0.25, 0.3) is 10.9 Å². The lowest BCUT2D eigenvalue weighted by molar-refractivity contribution is 0.762. The van der Waals surface area contributed by atoms with Crippen LogP contribution in [0.5, 0.6) is 0 Å². The van der Waals surface area contributed by atoms with Crippen molar-refractivity contribution in [3.8, 4) is 0 Å². The van der Waals surface area contributed by atoms with Crippen molar-refractivity contribution in [2.24, 2.45) is 7.05 Å². The Bertz CT molecular complexity index is 760. The van der Waals surface area contributed by atoms with E-state index in [1.165, 1.54) is 11.1 Å². The van der Waals surface area contributed by atoms with Gasteiger partial charge in [0.2, 0.25) is 0 Å². The fourth-order valence-corrected chi connectivity index (χ4v) is 2.55. The van der Waals surface area contributed by atoms with Gasteiger partial charge in [0, 0.05) is 43.3 Å². The summed E-state index contributed by atoms with van der Waals surface area (Å²) in [7, 11) is 4.13. The van der Waals surface area contributed by atoms with Crippen molar-refractivity contribution in [3.05, 3.63) is 54.2 Å². The Hall–Kier alpha value is -2.36. The molecule has 0 aliphatic carbocycles. The van der Waals surface area contributed by atoms with E-state index in [4.69, 9.17) is 4.98 Å². The predicted octanol–water partition coefficient (Wildman–Crippen LogP) is 3.17. The molecule has 0 radical (unpaired) electrons. The van der Waals surface area contributed by atoms with Crippen molar-refractivity contribution < 1.29 is 0 Å². The molecular weight excluding hydrogens is 260 g/mol. The standard InChI is InChI=1S/C17H20N4/c1-4-13-11-16(14-7-5-6-8-15(14)19-13)21(3)12-17-18-9-10-20(17)2/h5-11H,4,12H2,1-3H3. The number of anilines is 1. The number of hydrogen-bond acceptors (Lipinski definition) is 3. The molecule has 0 saturated heterocycles. The molecule has 0 bridgehead atoms. The van der Waals surface area contributed by atoms with Gasteiger partial charge in [-0.25, -0.2) is 4.98 Å². The minimum Gasteiger partial charge on any atom is -0.367 e. The molecule has 3 aromatic rings. The SMILES string of the molecule is CCc1cc(N(C)Cc2nccn2C)c2ccccc2n1. The van der Waals surface area contributed by atoms with Crippen LogP contribution in [0.2, 0.25) is 0 Å². The maximum Gasteiger partial charge on any atom is 0.127 e. The fourth-order valence-electron chi connectivity index (χ4n) is 2.55. The van der Waals surface area contributed by atoms with Crippen molar-refractivity contribution in [1.29, 1.82) is 0 Å². The third-order valence-electron chi connectivity index (χ3n) is 3.82. The number of para-hydroxylation sites is 1. The molecule has 0 atom stereocenters. The second-order valence-electron chi connectivity index (χ2n) is 5.31. The van der Waals surface area contributed by atoms with Crippen molar-refractivity contribution in [3.63, 3.8) is 0 Å². The molecule has 0 unspecified atom stereocenters. The second kappa shape index (κ2) is 5.56. The third kappa shape index (κ3) is 2.61. The summed E-state index contributed by atoms with van der Waals surface area (Å²) in [4.78, 5) is 11.4. The van der Waals surface area contributed by atoms with Crippen LogP contribution < -0.4 is 4.90 Å². The first-order chi connectivity index (χ1) is 10.2. The highest BCUT2D eigenvalue weighted by Crippen LogP contribution is 2.27. The summed E-state index contributed by atoms with van der Waals surface area (Å²) >= 11 is 0. The Labute approximate surface area is 125 Å². The summed E-state index contributed by atoms with van der Waals surface area (Å²) in [6.45, 7) is 2.92. The number of rotatable bonds is 4. The van der Waals surface area contributed by atoms with E-state index in [1.54, 1.807) is 0 Å². The molecule has 3 rings (SSSR count). The van der Waals surface area contributed by atoms with Gasteiger partial charge in [0.05, 0.1) is 12.1 Å². The molecule has 0 N–H and O–H groups in total. The predicted molar refractivity (Wildman–Crippen MR) is 86.4 cm³/mol. The average molecular weight is 280 g/mol. The summed E-state index contributed by atoms with van der Waals surface area (Å²) < 4.78 is 2.06. The van der Waals surface area contributed by atoms with Crippen LogP contribution in [0, 0.1) is 0 Å². The maximum absolute atomic E-state index is 4.70. The fraction of sp³-hybridized carbons (Fsp3) is 0.294. The first-order valence-electron chi connectivity index (χ1n) is 7.25. The summed E-state index contributed by atoms with van der Waals surface area (Å²) in [6, 6.07) is 10.5. The number of nitrogens with zero attached hydrogens (tertiary/aromatic N) is 4. The highest BCUT2D eigenvalue weighted by Gasteiger charge is 2.11. The van der Waals surface area contributed by atoms with Crippen LogP contribution in [0.15, 0.2) is 42.7 Å². The van der Waals surface area contributed by atoms with Crippen LogP contribution in [-0.2, 0) is 20.0 Å². The summed E-state index contributed by atoms with van der Waals surface area (Å²) in [5, 5.41) is 1.19. The van der Waals surface area contributed by atoms with Gasteiger partial charge >= 0.3 is 0 Å². The zero-order valence-electron chi connectivity index (χ0n) is 12.7. The van der Waals surface area contributed by atoms with Gasteiger partial charge in [-0.05, 0) is 18.6 Å². The molecule has 108 valence electrons. The number of aromatic nitrogens is 3. The number of pyridine rings is 1. The Morgan fingerprint density at radius 2 is 2.05 bits per heavy atom. The van der Waals surface area contributed by atoms with Crippen LogP contribution in [0.4, 0.5) is 5.69 Å². The molecule has 0 amide bonds. The summed E-state index contributed by atoms with van der Waals surface area (Å²) in [5.74, 6) is 1.05. The molecule has 0 spiro atoms. The monoisotopic (exact) mass is 280 g/mol. The van der Waals surface area contributed by atoms with Gasteiger partial charge < -0.3 is 9.47 Å². The van der Waals surface area contributed by atoms with E-state index in [0.29, 0.717) is 0 Å². The van der Waals surface area contributed by atoms with E-state index in [9.17, 15) is 0 Å².